The molecule has 0 bridgehead atoms. The van der Waals surface area contributed by atoms with Crippen molar-refractivity contribution in [3.05, 3.63) is 39.3 Å². The molecule has 6 nitrogen and oxygen atoms in total. The van der Waals surface area contributed by atoms with Gasteiger partial charge >= 0.3 is 5.97 Å². The van der Waals surface area contributed by atoms with E-state index in [-0.39, 0.29) is 11.3 Å². The Balaban J connectivity index is 2.31. The molecular formula is C13H12N2O4S. The lowest BCUT2D eigenvalue weighted by Gasteiger charge is -2.08. The number of aromatic hydroxyl groups is 1. The molecule has 1 aromatic heterocycles. The van der Waals surface area contributed by atoms with Gasteiger partial charge in [0.05, 0.1) is 16.4 Å². The average Bonchev–Trinajstić information content (AvgIpc) is 2.70. The smallest absolute Gasteiger partial charge is 0.339 e. The first-order chi connectivity index (χ1) is 9.40. The van der Waals surface area contributed by atoms with E-state index in [0.29, 0.717) is 10.6 Å². The van der Waals surface area contributed by atoms with E-state index in [9.17, 15) is 14.7 Å². The quantitative estimate of drug-likeness (QED) is 0.754. The van der Waals surface area contributed by atoms with Crippen LogP contribution in [-0.4, -0.2) is 27.1 Å². The average molecular weight is 292 g/mol. The van der Waals surface area contributed by atoms with E-state index in [0.717, 1.165) is 5.01 Å². The molecule has 2 rings (SSSR count). The molecule has 1 amide bonds. The predicted octanol–water partition coefficient (Wildman–Crippen LogP) is 2.42. The van der Waals surface area contributed by atoms with Crippen molar-refractivity contribution >= 4 is 28.9 Å². The number of nitrogens with zero attached hydrogens (tertiary/aromatic N) is 1. The van der Waals surface area contributed by atoms with Gasteiger partial charge in [-0.25, -0.2) is 9.78 Å². The van der Waals surface area contributed by atoms with Crippen LogP contribution in [-0.2, 0) is 0 Å². The second-order valence-electron chi connectivity index (χ2n) is 4.11. The van der Waals surface area contributed by atoms with E-state index in [2.05, 4.69) is 10.3 Å². The van der Waals surface area contributed by atoms with Crippen molar-refractivity contribution in [3.63, 3.8) is 0 Å². The van der Waals surface area contributed by atoms with E-state index in [1.54, 1.807) is 13.8 Å². The highest BCUT2D eigenvalue weighted by molar-refractivity contribution is 7.13. The Hall–Kier alpha value is -2.41. The third-order valence-electron chi connectivity index (χ3n) is 2.62. The maximum Gasteiger partial charge on any atom is 0.339 e. The molecule has 0 unspecified atom stereocenters. The number of para-hydroxylation sites is 1. The summed E-state index contributed by atoms with van der Waals surface area (Å²) in [5, 5.41) is 22.0. The molecule has 0 fully saturated rings. The molecule has 3 N–H and O–H groups in total. The van der Waals surface area contributed by atoms with Gasteiger partial charge in [-0.05, 0) is 26.0 Å². The Morgan fingerprint density at radius 3 is 2.55 bits per heavy atom. The first-order valence-corrected chi connectivity index (χ1v) is 6.52. The lowest BCUT2D eigenvalue weighted by atomic mass is 10.1. The summed E-state index contributed by atoms with van der Waals surface area (Å²) in [5.41, 5.74) is 0.388. The highest BCUT2D eigenvalue weighted by Crippen LogP contribution is 2.28. The number of aromatic carboxylic acids is 1. The van der Waals surface area contributed by atoms with Crippen molar-refractivity contribution < 1.29 is 19.8 Å². The minimum atomic E-state index is -1.26. The molecule has 1 aromatic carbocycles. The van der Waals surface area contributed by atoms with Gasteiger partial charge < -0.3 is 15.5 Å². The highest BCUT2D eigenvalue weighted by atomic mass is 32.1. The Kier molecular flexibility index (Phi) is 3.71. The Morgan fingerprint density at radius 2 is 2.00 bits per heavy atom. The van der Waals surface area contributed by atoms with Gasteiger partial charge in [-0.2, -0.15) is 0 Å². The second-order valence-corrected chi connectivity index (χ2v) is 5.31. The fourth-order valence-electron chi connectivity index (χ4n) is 1.74. The fraction of sp³-hybridized carbons (Fsp3) is 0.154. The summed E-state index contributed by atoms with van der Waals surface area (Å²) in [4.78, 5) is 27.6. The van der Waals surface area contributed by atoms with Crippen molar-refractivity contribution in [1.82, 2.24) is 4.98 Å². The molecule has 104 valence electrons. The van der Waals surface area contributed by atoms with Crippen LogP contribution in [0.5, 0.6) is 5.75 Å². The van der Waals surface area contributed by atoms with Gasteiger partial charge in [0.15, 0.2) is 5.75 Å². The summed E-state index contributed by atoms with van der Waals surface area (Å²) in [7, 11) is 0. The number of carboxylic acids is 1. The summed E-state index contributed by atoms with van der Waals surface area (Å²) in [6.07, 6.45) is 0. The molecule has 20 heavy (non-hydrogen) atoms. The number of rotatable bonds is 3. The summed E-state index contributed by atoms with van der Waals surface area (Å²) in [6, 6.07) is 4.14. The number of carboxylic acid groups (broad SMARTS) is 1. The monoisotopic (exact) mass is 292 g/mol. The summed E-state index contributed by atoms with van der Waals surface area (Å²) in [5.74, 6) is -2.15. The van der Waals surface area contributed by atoms with Crippen LogP contribution < -0.4 is 5.32 Å². The minimum absolute atomic E-state index is 0.0559. The van der Waals surface area contributed by atoms with Crippen LogP contribution in [0.15, 0.2) is 18.2 Å². The summed E-state index contributed by atoms with van der Waals surface area (Å²) >= 11 is 1.24. The molecule has 0 atom stereocenters. The largest absolute Gasteiger partial charge is 0.505 e. The zero-order chi connectivity index (χ0) is 14.9. The van der Waals surface area contributed by atoms with Crippen molar-refractivity contribution in [1.29, 1.82) is 0 Å². The molecule has 1 heterocycles. The molecule has 7 heteroatoms. The van der Waals surface area contributed by atoms with Crippen molar-refractivity contribution in [2.75, 3.05) is 5.32 Å². The van der Waals surface area contributed by atoms with Crippen LogP contribution in [0.25, 0.3) is 0 Å². The molecule has 0 aliphatic rings. The van der Waals surface area contributed by atoms with Crippen LogP contribution in [0.4, 0.5) is 5.69 Å². The molecule has 0 aliphatic heterocycles. The van der Waals surface area contributed by atoms with Gasteiger partial charge in [-0.15, -0.1) is 11.3 Å². The van der Waals surface area contributed by atoms with Gasteiger partial charge in [-0.3, -0.25) is 4.79 Å². The number of carbonyl (C=O) groups is 2. The molecule has 2 aromatic rings. The van der Waals surface area contributed by atoms with E-state index in [4.69, 9.17) is 5.11 Å². The summed E-state index contributed by atoms with van der Waals surface area (Å²) < 4.78 is 0. The fourth-order valence-corrected chi connectivity index (χ4v) is 2.55. The third kappa shape index (κ3) is 2.62. The highest BCUT2D eigenvalue weighted by Gasteiger charge is 2.18. The zero-order valence-corrected chi connectivity index (χ0v) is 11.6. The van der Waals surface area contributed by atoms with Crippen molar-refractivity contribution in [2.24, 2.45) is 0 Å². The number of amides is 1. The number of aryl methyl sites for hydroxylation is 2. The van der Waals surface area contributed by atoms with Crippen LogP contribution in [0, 0.1) is 13.8 Å². The van der Waals surface area contributed by atoms with E-state index >= 15 is 0 Å². The van der Waals surface area contributed by atoms with Crippen molar-refractivity contribution in [3.8, 4) is 5.75 Å². The zero-order valence-electron chi connectivity index (χ0n) is 10.8. The SMILES string of the molecule is Cc1nc(C)c(C(=O)Nc2cccc(C(=O)O)c2O)s1. The number of aromatic nitrogens is 1. The second kappa shape index (κ2) is 5.30. The molecule has 0 saturated heterocycles. The first-order valence-electron chi connectivity index (χ1n) is 5.70. The number of phenols is 1. The third-order valence-corrected chi connectivity index (χ3v) is 3.70. The van der Waals surface area contributed by atoms with Crippen molar-refractivity contribution in [2.45, 2.75) is 13.8 Å². The van der Waals surface area contributed by atoms with Crippen LogP contribution in [0.2, 0.25) is 0 Å². The minimum Gasteiger partial charge on any atom is -0.505 e. The van der Waals surface area contributed by atoms with E-state index in [1.807, 2.05) is 0 Å². The number of benzene rings is 1. The van der Waals surface area contributed by atoms with Gasteiger partial charge in [-0.1, -0.05) is 6.07 Å². The number of hydrogen-bond acceptors (Lipinski definition) is 5. The Bertz CT molecular complexity index is 694. The summed E-state index contributed by atoms with van der Waals surface area (Å²) in [6.45, 7) is 3.50. The Labute approximate surface area is 118 Å². The molecular weight excluding hydrogens is 280 g/mol. The lowest BCUT2D eigenvalue weighted by Crippen LogP contribution is -2.12. The normalized spacial score (nSPS) is 10.3. The predicted molar refractivity (Wildman–Crippen MR) is 74.6 cm³/mol. The number of nitrogens with one attached hydrogen (secondary N) is 1. The number of anilines is 1. The number of thiazole rings is 1. The van der Waals surface area contributed by atoms with E-state index < -0.39 is 17.6 Å². The van der Waals surface area contributed by atoms with Crippen LogP contribution >= 0.6 is 11.3 Å². The number of hydrogen-bond donors (Lipinski definition) is 3. The van der Waals surface area contributed by atoms with Gasteiger partial charge in [0.1, 0.15) is 10.4 Å². The molecule has 0 radical (unpaired) electrons. The standard InChI is InChI=1S/C13H12N2O4S/c1-6-11(20-7(2)14-6)12(17)15-9-5-3-4-8(10(9)16)13(18)19/h3-5,16H,1-2H3,(H,15,17)(H,18,19). The lowest BCUT2D eigenvalue weighted by molar-refractivity contribution is 0.0693. The first kappa shape index (κ1) is 14.0. The van der Waals surface area contributed by atoms with Crippen LogP contribution in [0.3, 0.4) is 0 Å². The van der Waals surface area contributed by atoms with Gasteiger partial charge in [0.2, 0.25) is 0 Å². The molecule has 0 spiro atoms. The van der Waals surface area contributed by atoms with E-state index in [1.165, 1.54) is 29.5 Å². The van der Waals surface area contributed by atoms with Gasteiger partial charge in [0.25, 0.3) is 5.91 Å². The van der Waals surface area contributed by atoms with Gasteiger partial charge in [0, 0.05) is 0 Å². The Morgan fingerprint density at radius 1 is 1.30 bits per heavy atom. The molecule has 0 aliphatic carbocycles. The maximum absolute atomic E-state index is 12.1. The van der Waals surface area contributed by atoms with Crippen LogP contribution in [0.1, 0.15) is 30.7 Å². The maximum atomic E-state index is 12.1. The molecule has 0 saturated carbocycles. The topological polar surface area (TPSA) is 99.5 Å². The number of carbonyl (C=O) groups excluding carboxylic acids is 1.